The van der Waals surface area contributed by atoms with Gasteiger partial charge < -0.3 is 15.0 Å². The van der Waals surface area contributed by atoms with Gasteiger partial charge in [-0.3, -0.25) is 0 Å². The average Bonchev–Trinajstić information content (AvgIpc) is 2.94. The second kappa shape index (κ2) is 6.62. The molecule has 0 atom stereocenters. The quantitative estimate of drug-likeness (QED) is 0.709. The highest BCUT2D eigenvalue weighted by Gasteiger charge is 2.12. The molecule has 3 rings (SSSR count). The Morgan fingerprint density at radius 2 is 1.82 bits per heavy atom. The number of nitrogens with two attached hydrogens (primary N) is 1. The van der Waals surface area contributed by atoms with E-state index >= 15 is 0 Å². The zero-order chi connectivity index (χ0) is 15.4. The Kier molecular flexibility index (Phi) is 4.39. The van der Waals surface area contributed by atoms with E-state index in [1.54, 1.807) is 7.11 Å². The molecule has 0 spiro atoms. The molecular formula is C18H21N3O. The van der Waals surface area contributed by atoms with E-state index in [-0.39, 0.29) is 0 Å². The van der Waals surface area contributed by atoms with E-state index in [0.29, 0.717) is 0 Å². The first-order valence-electron chi connectivity index (χ1n) is 7.63. The number of ether oxygens (including phenoxy) is 1. The molecule has 0 unspecified atom stereocenters. The molecule has 0 fully saturated rings. The molecule has 1 aromatic heterocycles. The Morgan fingerprint density at radius 3 is 2.55 bits per heavy atom. The topological polar surface area (TPSA) is 53.1 Å². The molecule has 2 N–H and O–H groups in total. The summed E-state index contributed by atoms with van der Waals surface area (Å²) in [6.45, 7) is 1.66. The highest BCUT2D eigenvalue weighted by Crippen LogP contribution is 2.26. The highest BCUT2D eigenvalue weighted by atomic mass is 16.5. The van der Waals surface area contributed by atoms with Crippen molar-refractivity contribution >= 4 is 11.0 Å². The molecule has 0 amide bonds. The van der Waals surface area contributed by atoms with Crippen LogP contribution in [0.1, 0.15) is 12.8 Å². The molecule has 1 heterocycles. The Labute approximate surface area is 130 Å². The van der Waals surface area contributed by atoms with Gasteiger partial charge in [0.25, 0.3) is 0 Å². The number of benzene rings is 2. The van der Waals surface area contributed by atoms with Crippen LogP contribution < -0.4 is 10.5 Å². The molecule has 0 bridgehead atoms. The summed E-state index contributed by atoms with van der Waals surface area (Å²) in [5, 5.41) is 0. The third-order valence-corrected chi connectivity index (χ3v) is 3.84. The number of unbranched alkanes of at least 4 members (excludes halogenated alkanes) is 1. The SMILES string of the molecule is COc1ccc(-c2nc3ccccc3n2CCCCN)cc1. The zero-order valence-electron chi connectivity index (χ0n) is 12.8. The molecule has 0 aliphatic rings. The number of imidazole rings is 1. The first-order chi connectivity index (χ1) is 10.8. The second-order valence-electron chi connectivity index (χ2n) is 5.30. The van der Waals surface area contributed by atoms with Crippen LogP contribution >= 0.6 is 0 Å². The molecule has 3 aromatic rings. The Morgan fingerprint density at radius 1 is 1.05 bits per heavy atom. The number of nitrogens with zero attached hydrogens (tertiary/aromatic N) is 2. The maximum absolute atomic E-state index is 5.62. The van der Waals surface area contributed by atoms with Crippen LogP contribution in [-0.2, 0) is 6.54 Å². The summed E-state index contributed by atoms with van der Waals surface area (Å²) in [6.07, 6.45) is 2.08. The molecule has 114 valence electrons. The molecule has 4 nitrogen and oxygen atoms in total. The van der Waals surface area contributed by atoms with E-state index in [0.717, 1.165) is 48.6 Å². The minimum absolute atomic E-state index is 0.727. The van der Waals surface area contributed by atoms with Gasteiger partial charge in [0.1, 0.15) is 11.6 Å². The van der Waals surface area contributed by atoms with Gasteiger partial charge in [0.15, 0.2) is 0 Å². The number of hydrogen-bond donors (Lipinski definition) is 1. The molecule has 0 radical (unpaired) electrons. The third-order valence-electron chi connectivity index (χ3n) is 3.84. The van der Waals surface area contributed by atoms with Crippen LogP contribution in [0.15, 0.2) is 48.5 Å². The van der Waals surface area contributed by atoms with Gasteiger partial charge in [0.05, 0.1) is 18.1 Å². The molecule has 0 aliphatic heterocycles. The van der Waals surface area contributed by atoms with Crippen molar-refractivity contribution in [1.29, 1.82) is 0 Å². The summed E-state index contributed by atoms with van der Waals surface area (Å²) < 4.78 is 7.52. The van der Waals surface area contributed by atoms with Gasteiger partial charge in [0, 0.05) is 12.1 Å². The Hall–Kier alpha value is -2.33. The summed E-state index contributed by atoms with van der Waals surface area (Å²) >= 11 is 0. The fraction of sp³-hybridized carbons (Fsp3) is 0.278. The smallest absolute Gasteiger partial charge is 0.141 e. The molecule has 4 heteroatoms. The molecular weight excluding hydrogens is 274 g/mol. The number of aryl methyl sites for hydroxylation is 1. The first-order valence-corrected chi connectivity index (χ1v) is 7.63. The molecule has 0 aliphatic carbocycles. The Bertz CT molecular complexity index is 747. The van der Waals surface area contributed by atoms with E-state index in [2.05, 4.69) is 34.9 Å². The summed E-state index contributed by atoms with van der Waals surface area (Å²) in [7, 11) is 1.68. The predicted molar refractivity (Wildman–Crippen MR) is 90.0 cm³/mol. The number of hydrogen-bond acceptors (Lipinski definition) is 3. The number of rotatable bonds is 6. The van der Waals surface area contributed by atoms with E-state index in [9.17, 15) is 0 Å². The fourth-order valence-electron chi connectivity index (χ4n) is 2.68. The van der Waals surface area contributed by atoms with E-state index < -0.39 is 0 Å². The van der Waals surface area contributed by atoms with Crippen molar-refractivity contribution in [1.82, 2.24) is 9.55 Å². The van der Waals surface area contributed by atoms with Crippen LogP contribution in [0.25, 0.3) is 22.4 Å². The lowest BCUT2D eigenvalue weighted by atomic mass is 10.2. The van der Waals surface area contributed by atoms with E-state index in [4.69, 9.17) is 15.5 Å². The van der Waals surface area contributed by atoms with E-state index in [1.807, 2.05) is 18.2 Å². The largest absolute Gasteiger partial charge is 0.497 e. The van der Waals surface area contributed by atoms with E-state index in [1.165, 1.54) is 5.52 Å². The van der Waals surface area contributed by atoms with Crippen LogP contribution in [0.3, 0.4) is 0 Å². The first kappa shape index (κ1) is 14.6. The van der Waals surface area contributed by atoms with Crippen LogP contribution in [0.5, 0.6) is 5.75 Å². The van der Waals surface area contributed by atoms with Gasteiger partial charge in [-0.25, -0.2) is 4.98 Å². The lowest BCUT2D eigenvalue weighted by Gasteiger charge is -2.09. The highest BCUT2D eigenvalue weighted by molar-refractivity contribution is 5.80. The van der Waals surface area contributed by atoms with Gasteiger partial charge in [-0.15, -0.1) is 0 Å². The van der Waals surface area contributed by atoms with Crippen molar-refractivity contribution in [2.24, 2.45) is 5.73 Å². The zero-order valence-corrected chi connectivity index (χ0v) is 12.8. The summed E-state index contributed by atoms with van der Waals surface area (Å²) in [5.41, 5.74) is 8.92. The van der Waals surface area contributed by atoms with Gasteiger partial charge in [-0.1, -0.05) is 12.1 Å². The Balaban J connectivity index is 2.04. The lowest BCUT2D eigenvalue weighted by Crippen LogP contribution is -2.04. The van der Waals surface area contributed by atoms with Crippen molar-refractivity contribution in [2.45, 2.75) is 19.4 Å². The third kappa shape index (κ3) is 2.83. The van der Waals surface area contributed by atoms with Crippen LogP contribution in [-0.4, -0.2) is 23.2 Å². The monoisotopic (exact) mass is 295 g/mol. The summed E-state index contributed by atoms with van der Waals surface area (Å²) in [4.78, 5) is 4.81. The molecule has 0 saturated carbocycles. The summed E-state index contributed by atoms with van der Waals surface area (Å²) in [6, 6.07) is 16.3. The van der Waals surface area contributed by atoms with Crippen molar-refractivity contribution in [3.8, 4) is 17.1 Å². The standard InChI is InChI=1S/C18H21N3O/c1-22-15-10-8-14(9-11-15)18-20-16-6-2-3-7-17(16)21(18)13-5-4-12-19/h2-3,6-11H,4-5,12-13,19H2,1H3. The molecule has 0 saturated heterocycles. The van der Waals surface area contributed by atoms with Crippen molar-refractivity contribution in [2.75, 3.05) is 13.7 Å². The predicted octanol–water partition coefficient (Wildman–Crippen LogP) is 3.45. The average molecular weight is 295 g/mol. The van der Waals surface area contributed by atoms with Gasteiger partial charge in [0.2, 0.25) is 0 Å². The lowest BCUT2D eigenvalue weighted by molar-refractivity contribution is 0.415. The van der Waals surface area contributed by atoms with Crippen LogP contribution in [0.4, 0.5) is 0 Å². The van der Waals surface area contributed by atoms with Crippen LogP contribution in [0, 0.1) is 0 Å². The fourth-order valence-corrected chi connectivity index (χ4v) is 2.68. The van der Waals surface area contributed by atoms with Gasteiger partial charge in [-0.05, 0) is 55.8 Å². The van der Waals surface area contributed by atoms with Crippen LogP contribution in [0.2, 0.25) is 0 Å². The van der Waals surface area contributed by atoms with Crippen molar-refractivity contribution in [3.63, 3.8) is 0 Å². The number of methoxy groups -OCH3 is 1. The second-order valence-corrected chi connectivity index (χ2v) is 5.30. The minimum atomic E-state index is 0.727. The minimum Gasteiger partial charge on any atom is -0.497 e. The number of fused-ring (bicyclic) bond motifs is 1. The maximum atomic E-state index is 5.62. The van der Waals surface area contributed by atoms with Crippen molar-refractivity contribution in [3.05, 3.63) is 48.5 Å². The maximum Gasteiger partial charge on any atom is 0.141 e. The van der Waals surface area contributed by atoms with Crippen molar-refractivity contribution < 1.29 is 4.74 Å². The summed E-state index contributed by atoms with van der Waals surface area (Å²) in [5.74, 6) is 1.86. The number of para-hydroxylation sites is 2. The van der Waals surface area contributed by atoms with Gasteiger partial charge >= 0.3 is 0 Å². The number of aromatic nitrogens is 2. The van der Waals surface area contributed by atoms with Gasteiger partial charge in [-0.2, -0.15) is 0 Å². The molecule has 22 heavy (non-hydrogen) atoms. The molecule has 2 aromatic carbocycles. The normalized spacial score (nSPS) is 11.0.